The van der Waals surface area contributed by atoms with Gasteiger partial charge in [-0.1, -0.05) is 6.08 Å². The van der Waals surface area contributed by atoms with E-state index in [2.05, 4.69) is 5.32 Å². The molecule has 1 amide bonds. The fraction of sp³-hybridized carbons (Fsp3) is 0.500. The monoisotopic (exact) mass is 128 g/mol. The van der Waals surface area contributed by atoms with E-state index < -0.39 is 0 Å². The van der Waals surface area contributed by atoms with Crippen LogP contribution in [-0.4, -0.2) is 19.5 Å². The number of carbonyl (C=O) groups excluding carboxylic acids is 1. The van der Waals surface area contributed by atoms with Gasteiger partial charge in [0.15, 0.2) is 0 Å². The predicted molar refractivity (Wildman–Crippen MR) is 36.9 cm³/mol. The van der Waals surface area contributed by atoms with E-state index in [0.29, 0.717) is 0 Å². The van der Waals surface area contributed by atoms with Crippen LogP contribution in [0.15, 0.2) is 12.2 Å². The Morgan fingerprint density at radius 1 is 1.78 bits per heavy atom. The number of amides is 1. The van der Waals surface area contributed by atoms with E-state index in [1.54, 1.807) is 6.08 Å². The summed E-state index contributed by atoms with van der Waals surface area (Å²) < 4.78 is 0. The van der Waals surface area contributed by atoms with Gasteiger partial charge in [0.25, 0.3) is 0 Å². The van der Waals surface area contributed by atoms with Gasteiger partial charge < -0.3 is 11.1 Å². The van der Waals surface area contributed by atoms with Crippen LogP contribution in [0.25, 0.3) is 0 Å². The summed E-state index contributed by atoms with van der Waals surface area (Å²) in [4.78, 5) is 10.1. The molecule has 0 heterocycles. The molecule has 3 nitrogen and oxygen atoms in total. The normalized spacial score (nSPS) is 10.3. The Bertz CT molecular complexity index is 110. The van der Waals surface area contributed by atoms with Crippen LogP contribution in [0.5, 0.6) is 0 Å². The van der Waals surface area contributed by atoms with Crippen LogP contribution in [0.4, 0.5) is 0 Å². The third-order valence-corrected chi connectivity index (χ3v) is 0.843. The highest BCUT2D eigenvalue weighted by molar-refractivity contribution is 5.85. The number of nitrogens with two attached hydrogens (primary N) is 1. The number of rotatable bonds is 4. The van der Waals surface area contributed by atoms with E-state index >= 15 is 0 Å². The maximum Gasteiger partial charge on any atom is 0.241 e. The number of primary amides is 1. The molecular formula is C6H12N2O. The van der Waals surface area contributed by atoms with Gasteiger partial charge in [-0.05, 0) is 26.1 Å². The van der Waals surface area contributed by atoms with Crippen LogP contribution in [0, 0.1) is 0 Å². The molecule has 0 fully saturated rings. The second-order valence-electron chi connectivity index (χ2n) is 1.70. The summed E-state index contributed by atoms with van der Waals surface area (Å²) in [7, 11) is 1.86. The lowest BCUT2D eigenvalue weighted by Gasteiger charge is -1.88. The Balaban J connectivity index is 3.15. The van der Waals surface area contributed by atoms with Crippen LogP contribution in [0.2, 0.25) is 0 Å². The minimum Gasteiger partial charge on any atom is -0.366 e. The molecule has 9 heavy (non-hydrogen) atoms. The molecular weight excluding hydrogens is 116 g/mol. The molecule has 0 unspecified atom stereocenters. The van der Waals surface area contributed by atoms with Crippen molar-refractivity contribution in [3.05, 3.63) is 12.2 Å². The largest absolute Gasteiger partial charge is 0.366 e. The Hall–Kier alpha value is -0.830. The molecule has 0 saturated heterocycles. The lowest BCUT2D eigenvalue weighted by atomic mass is 10.4. The average molecular weight is 128 g/mol. The number of nitrogens with one attached hydrogen (secondary N) is 1. The summed E-state index contributed by atoms with van der Waals surface area (Å²) in [5.74, 6) is -0.383. The second-order valence-corrected chi connectivity index (χ2v) is 1.70. The molecule has 0 radical (unpaired) electrons. The van der Waals surface area contributed by atoms with E-state index in [0.717, 1.165) is 13.0 Å². The minimum atomic E-state index is -0.383. The highest BCUT2D eigenvalue weighted by Gasteiger charge is 1.80. The van der Waals surface area contributed by atoms with Crippen LogP contribution < -0.4 is 11.1 Å². The molecule has 0 spiro atoms. The van der Waals surface area contributed by atoms with Crippen LogP contribution in [0.1, 0.15) is 6.42 Å². The predicted octanol–water partition coefficient (Wildman–Crippen LogP) is -0.363. The molecule has 3 heteroatoms. The fourth-order valence-corrected chi connectivity index (χ4v) is 0.427. The molecule has 0 rings (SSSR count). The highest BCUT2D eigenvalue weighted by Crippen LogP contribution is 1.77. The Kier molecular flexibility index (Phi) is 4.82. The summed E-state index contributed by atoms with van der Waals surface area (Å²) in [5.41, 5.74) is 4.83. The van der Waals surface area contributed by atoms with Crippen molar-refractivity contribution in [2.75, 3.05) is 13.6 Å². The number of carbonyl (C=O) groups is 1. The van der Waals surface area contributed by atoms with Gasteiger partial charge in [-0.2, -0.15) is 0 Å². The topological polar surface area (TPSA) is 55.1 Å². The van der Waals surface area contributed by atoms with Gasteiger partial charge in [-0.15, -0.1) is 0 Å². The molecule has 0 atom stereocenters. The van der Waals surface area contributed by atoms with E-state index in [1.807, 2.05) is 7.05 Å². The van der Waals surface area contributed by atoms with Crippen molar-refractivity contribution < 1.29 is 4.79 Å². The zero-order chi connectivity index (χ0) is 7.11. The molecule has 0 bridgehead atoms. The second kappa shape index (κ2) is 5.31. The third kappa shape index (κ3) is 7.17. The van der Waals surface area contributed by atoms with Crippen molar-refractivity contribution >= 4 is 5.91 Å². The standard InChI is InChI=1S/C6H12N2O/c1-8-5-3-2-4-6(7)9/h2,4,8H,3,5H2,1H3,(H2,7,9). The van der Waals surface area contributed by atoms with Crippen LogP contribution >= 0.6 is 0 Å². The van der Waals surface area contributed by atoms with Crippen molar-refractivity contribution in [3.63, 3.8) is 0 Å². The van der Waals surface area contributed by atoms with Crippen molar-refractivity contribution in [3.8, 4) is 0 Å². The minimum absolute atomic E-state index is 0.383. The first kappa shape index (κ1) is 8.17. The summed E-state index contributed by atoms with van der Waals surface area (Å²) in [5, 5.41) is 2.94. The van der Waals surface area contributed by atoms with Gasteiger partial charge in [-0.25, -0.2) is 0 Å². The fourth-order valence-electron chi connectivity index (χ4n) is 0.427. The maximum absolute atomic E-state index is 10.1. The van der Waals surface area contributed by atoms with E-state index in [-0.39, 0.29) is 5.91 Å². The van der Waals surface area contributed by atoms with Gasteiger partial charge in [0.05, 0.1) is 0 Å². The van der Waals surface area contributed by atoms with Gasteiger partial charge in [0.1, 0.15) is 0 Å². The molecule has 0 saturated carbocycles. The van der Waals surface area contributed by atoms with Gasteiger partial charge in [-0.3, -0.25) is 4.79 Å². The zero-order valence-corrected chi connectivity index (χ0v) is 5.55. The third-order valence-electron chi connectivity index (χ3n) is 0.843. The number of hydrogen-bond acceptors (Lipinski definition) is 2. The molecule has 0 aromatic carbocycles. The van der Waals surface area contributed by atoms with Gasteiger partial charge in [0, 0.05) is 0 Å². The summed E-state index contributed by atoms with van der Waals surface area (Å²) in [6.07, 6.45) is 3.97. The Labute approximate surface area is 54.9 Å². The molecule has 0 aromatic rings. The lowest BCUT2D eigenvalue weighted by molar-refractivity contribution is -0.113. The maximum atomic E-state index is 10.1. The zero-order valence-electron chi connectivity index (χ0n) is 5.55. The van der Waals surface area contributed by atoms with Gasteiger partial charge in [0.2, 0.25) is 5.91 Å². The molecule has 0 aliphatic rings. The van der Waals surface area contributed by atoms with Crippen LogP contribution in [0.3, 0.4) is 0 Å². The quantitative estimate of drug-likeness (QED) is 0.401. The van der Waals surface area contributed by atoms with Gasteiger partial charge >= 0.3 is 0 Å². The van der Waals surface area contributed by atoms with E-state index in [4.69, 9.17) is 5.73 Å². The van der Waals surface area contributed by atoms with E-state index in [9.17, 15) is 4.79 Å². The summed E-state index contributed by atoms with van der Waals surface area (Å²) in [6.45, 7) is 0.879. The van der Waals surface area contributed by atoms with Crippen LogP contribution in [-0.2, 0) is 4.79 Å². The van der Waals surface area contributed by atoms with Crippen molar-refractivity contribution in [1.29, 1.82) is 0 Å². The number of hydrogen-bond donors (Lipinski definition) is 2. The smallest absolute Gasteiger partial charge is 0.241 e. The molecule has 0 aromatic heterocycles. The molecule has 0 aliphatic carbocycles. The Morgan fingerprint density at radius 2 is 2.44 bits per heavy atom. The first-order valence-electron chi connectivity index (χ1n) is 2.88. The first-order valence-corrected chi connectivity index (χ1v) is 2.88. The molecule has 52 valence electrons. The Morgan fingerprint density at radius 3 is 2.89 bits per heavy atom. The lowest BCUT2D eigenvalue weighted by Crippen LogP contribution is -2.08. The van der Waals surface area contributed by atoms with Crippen molar-refractivity contribution in [2.24, 2.45) is 5.73 Å². The summed E-state index contributed by atoms with van der Waals surface area (Å²) in [6, 6.07) is 0. The first-order chi connectivity index (χ1) is 4.27. The SMILES string of the molecule is CNCCC=CC(N)=O. The average Bonchev–Trinajstić information content (AvgIpc) is 1.80. The molecule has 0 aliphatic heterocycles. The van der Waals surface area contributed by atoms with E-state index in [1.165, 1.54) is 6.08 Å². The van der Waals surface area contributed by atoms with Crippen molar-refractivity contribution in [2.45, 2.75) is 6.42 Å². The summed E-state index contributed by atoms with van der Waals surface area (Å²) >= 11 is 0. The molecule has 3 N–H and O–H groups in total. The highest BCUT2D eigenvalue weighted by atomic mass is 16.1. The van der Waals surface area contributed by atoms with Crippen molar-refractivity contribution in [1.82, 2.24) is 5.32 Å².